The summed E-state index contributed by atoms with van der Waals surface area (Å²) in [5, 5.41) is 4.76. The zero-order valence-corrected chi connectivity index (χ0v) is 13.3. The Kier molecular flexibility index (Phi) is 3.89. The van der Waals surface area contributed by atoms with E-state index in [-0.39, 0.29) is 0 Å². The smallest absolute Gasteiger partial charge is 0.138 e. The van der Waals surface area contributed by atoms with Crippen LogP contribution in [0.5, 0.6) is 0 Å². The maximum atomic E-state index is 4.46. The van der Waals surface area contributed by atoms with Crippen molar-refractivity contribution < 1.29 is 0 Å². The van der Waals surface area contributed by atoms with E-state index in [9.17, 15) is 0 Å². The van der Waals surface area contributed by atoms with Crippen LogP contribution in [0.4, 0.5) is 5.82 Å². The van der Waals surface area contributed by atoms with E-state index in [1.54, 1.807) is 17.7 Å². The van der Waals surface area contributed by atoms with Crippen LogP contribution in [0.2, 0.25) is 0 Å². The van der Waals surface area contributed by atoms with Crippen LogP contribution in [-0.4, -0.2) is 41.0 Å². The maximum absolute atomic E-state index is 4.46. The summed E-state index contributed by atoms with van der Waals surface area (Å²) in [6.07, 6.45) is 5.62. The van der Waals surface area contributed by atoms with Crippen LogP contribution in [-0.2, 0) is 0 Å². The van der Waals surface area contributed by atoms with Gasteiger partial charge in [0.15, 0.2) is 0 Å². The third-order valence-corrected chi connectivity index (χ3v) is 5.51. The average molecular weight is 290 g/mol. The number of piperidine rings is 1. The number of fused-ring (bicyclic) bond motifs is 1. The Hall–Kier alpha value is -1.20. The Labute approximate surface area is 124 Å². The van der Waals surface area contributed by atoms with Crippen LogP contribution in [0.1, 0.15) is 29.7 Å². The van der Waals surface area contributed by atoms with Crippen LogP contribution < -0.4 is 5.32 Å². The molecule has 1 fully saturated rings. The molecule has 3 heterocycles. The molecule has 0 aromatic carbocycles. The lowest BCUT2D eigenvalue weighted by molar-refractivity contribution is 0.194. The summed E-state index contributed by atoms with van der Waals surface area (Å²) in [6.45, 7) is 6.49. The van der Waals surface area contributed by atoms with Crippen molar-refractivity contribution in [3.05, 3.63) is 16.8 Å². The zero-order valence-electron chi connectivity index (χ0n) is 12.4. The van der Waals surface area contributed by atoms with Crippen molar-refractivity contribution >= 4 is 27.4 Å². The quantitative estimate of drug-likeness (QED) is 0.942. The third-order valence-electron chi connectivity index (χ3n) is 4.39. The molecule has 108 valence electrons. The first kappa shape index (κ1) is 13.8. The van der Waals surface area contributed by atoms with Gasteiger partial charge in [0.25, 0.3) is 0 Å². The molecule has 0 aliphatic carbocycles. The zero-order chi connectivity index (χ0) is 14.1. The Morgan fingerprint density at radius 1 is 1.35 bits per heavy atom. The Morgan fingerprint density at radius 2 is 2.20 bits per heavy atom. The van der Waals surface area contributed by atoms with Crippen molar-refractivity contribution in [1.29, 1.82) is 0 Å². The number of thiophene rings is 1. The summed E-state index contributed by atoms with van der Waals surface area (Å²) in [4.78, 5) is 13.7. The van der Waals surface area contributed by atoms with Crippen LogP contribution in [0.3, 0.4) is 0 Å². The van der Waals surface area contributed by atoms with E-state index in [0.29, 0.717) is 6.04 Å². The largest absolute Gasteiger partial charge is 0.368 e. The molecule has 4 nitrogen and oxygen atoms in total. The highest BCUT2D eigenvalue weighted by molar-refractivity contribution is 7.18. The van der Waals surface area contributed by atoms with Crippen molar-refractivity contribution in [2.24, 2.45) is 0 Å². The number of hydrogen-bond donors (Lipinski definition) is 1. The van der Waals surface area contributed by atoms with Crippen molar-refractivity contribution in [2.75, 3.05) is 25.5 Å². The van der Waals surface area contributed by atoms with Gasteiger partial charge < -0.3 is 10.2 Å². The topological polar surface area (TPSA) is 41.1 Å². The lowest BCUT2D eigenvalue weighted by Gasteiger charge is -2.32. The van der Waals surface area contributed by atoms with Gasteiger partial charge in [-0.05, 0) is 45.8 Å². The Bertz CT molecular complexity index is 607. The summed E-state index contributed by atoms with van der Waals surface area (Å²) in [6, 6.07) is 0.619. The molecule has 0 amide bonds. The standard InChI is InChI=1S/C15H22N4S/c1-10-11(2)20-15-13(10)14(17-9-18-15)16-8-12-6-4-5-7-19(12)3/h9,12H,4-8H2,1-3H3,(H,16,17,18). The molecule has 1 unspecified atom stereocenters. The van der Waals surface area contributed by atoms with Gasteiger partial charge in [-0.1, -0.05) is 6.42 Å². The van der Waals surface area contributed by atoms with Gasteiger partial charge in [0, 0.05) is 17.5 Å². The van der Waals surface area contributed by atoms with Crippen LogP contribution in [0.15, 0.2) is 6.33 Å². The second kappa shape index (κ2) is 5.66. The number of rotatable bonds is 3. The van der Waals surface area contributed by atoms with E-state index in [4.69, 9.17) is 0 Å². The molecular weight excluding hydrogens is 268 g/mol. The summed E-state index contributed by atoms with van der Waals surface area (Å²) in [5.41, 5.74) is 1.31. The number of aromatic nitrogens is 2. The highest BCUT2D eigenvalue weighted by Gasteiger charge is 2.19. The fourth-order valence-corrected chi connectivity index (χ4v) is 3.93. The van der Waals surface area contributed by atoms with E-state index < -0.39 is 0 Å². The van der Waals surface area contributed by atoms with Crippen LogP contribution in [0, 0.1) is 13.8 Å². The summed E-state index contributed by atoms with van der Waals surface area (Å²) in [7, 11) is 2.22. The molecule has 1 aliphatic heterocycles. The highest BCUT2D eigenvalue weighted by atomic mass is 32.1. The van der Waals surface area contributed by atoms with E-state index in [0.717, 1.165) is 17.2 Å². The van der Waals surface area contributed by atoms with Crippen molar-refractivity contribution in [1.82, 2.24) is 14.9 Å². The fourth-order valence-electron chi connectivity index (χ4n) is 2.93. The van der Waals surface area contributed by atoms with Crippen molar-refractivity contribution in [3.8, 4) is 0 Å². The van der Waals surface area contributed by atoms with Gasteiger partial charge in [-0.15, -0.1) is 11.3 Å². The van der Waals surface area contributed by atoms with Crippen molar-refractivity contribution in [2.45, 2.75) is 39.2 Å². The molecule has 0 bridgehead atoms. The first-order valence-corrected chi connectivity index (χ1v) is 8.13. The first-order valence-electron chi connectivity index (χ1n) is 7.31. The SMILES string of the molecule is Cc1sc2ncnc(NCC3CCCCN3C)c2c1C. The lowest BCUT2D eigenvalue weighted by Crippen LogP contribution is -2.40. The molecule has 1 aliphatic rings. The van der Waals surface area contributed by atoms with Gasteiger partial charge >= 0.3 is 0 Å². The molecule has 5 heteroatoms. The number of aryl methyl sites for hydroxylation is 2. The van der Waals surface area contributed by atoms with Crippen LogP contribution in [0.25, 0.3) is 10.2 Å². The molecule has 0 radical (unpaired) electrons. The second-order valence-corrected chi connectivity index (χ2v) is 6.90. The molecule has 1 atom stereocenters. The monoisotopic (exact) mass is 290 g/mol. The number of likely N-dealkylation sites (N-methyl/N-ethyl adjacent to an activating group) is 1. The van der Waals surface area contributed by atoms with Crippen molar-refractivity contribution in [3.63, 3.8) is 0 Å². The molecular formula is C15H22N4S. The van der Waals surface area contributed by atoms with Gasteiger partial charge in [0.1, 0.15) is 17.0 Å². The number of nitrogens with zero attached hydrogens (tertiary/aromatic N) is 3. The number of nitrogens with one attached hydrogen (secondary N) is 1. The maximum Gasteiger partial charge on any atom is 0.138 e. The summed E-state index contributed by atoms with van der Waals surface area (Å²) >= 11 is 1.75. The van der Waals surface area contributed by atoms with Gasteiger partial charge in [-0.3, -0.25) is 0 Å². The minimum Gasteiger partial charge on any atom is -0.368 e. The predicted molar refractivity (Wildman–Crippen MR) is 85.6 cm³/mol. The average Bonchev–Trinajstić information content (AvgIpc) is 2.74. The van der Waals surface area contributed by atoms with Gasteiger partial charge in [0.2, 0.25) is 0 Å². The van der Waals surface area contributed by atoms with Crippen LogP contribution >= 0.6 is 11.3 Å². The number of anilines is 1. The molecule has 0 saturated carbocycles. The fraction of sp³-hybridized carbons (Fsp3) is 0.600. The van der Waals surface area contributed by atoms with Gasteiger partial charge in [0.05, 0.1) is 5.39 Å². The molecule has 1 saturated heterocycles. The first-order chi connectivity index (χ1) is 9.66. The molecule has 0 spiro atoms. The minimum absolute atomic E-state index is 0.619. The minimum atomic E-state index is 0.619. The Balaban J connectivity index is 1.80. The van der Waals surface area contributed by atoms with E-state index in [1.165, 1.54) is 41.6 Å². The highest BCUT2D eigenvalue weighted by Crippen LogP contribution is 2.32. The number of hydrogen-bond acceptors (Lipinski definition) is 5. The second-order valence-electron chi connectivity index (χ2n) is 5.70. The predicted octanol–water partition coefficient (Wildman–Crippen LogP) is 3.20. The normalized spacial score (nSPS) is 20.4. The third kappa shape index (κ3) is 2.52. The molecule has 20 heavy (non-hydrogen) atoms. The summed E-state index contributed by atoms with van der Waals surface area (Å²) < 4.78 is 0. The molecule has 2 aromatic rings. The van der Waals surface area contributed by atoms with Gasteiger partial charge in [-0.25, -0.2) is 9.97 Å². The molecule has 3 rings (SSSR count). The van der Waals surface area contributed by atoms with E-state index in [1.807, 2.05) is 0 Å². The summed E-state index contributed by atoms with van der Waals surface area (Å²) in [5.74, 6) is 0.996. The van der Waals surface area contributed by atoms with Gasteiger partial charge in [-0.2, -0.15) is 0 Å². The van der Waals surface area contributed by atoms with E-state index in [2.05, 4.69) is 41.1 Å². The lowest BCUT2D eigenvalue weighted by atomic mass is 10.0. The molecule has 1 N–H and O–H groups in total. The number of likely N-dealkylation sites (tertiary alicyclic amines) is 1. The molecule has 2 aromatic heterocycles. The Morgan fingerprint density at radius 3 is 3.00 bits per heavy atom. The van der Waals surface area contributed by atoms with E-state index >= 15 is 0 Å².